The van der Waals surface area contributed by atoms with E-state index in [1.165, 1.54) is 17.0 Å². The summed E-state index contributed by atoms with van der Waals surface area (Å²) in [5, 5.41) is 15.2. The highest BCUT2D eigenvalue weighted by Crippen LogP contribution is 2.29. The molecule has 11 heteroatoms. The Morgan fingerprint density at radius 1 is 1.12 bits per heavy atom. The molecule has 3 N–H and O–H groups in total. The zero-order chi connectivity index (χ0) is 24.9. The number of aliphatic carboxylic acids is 1. The summed E-state index contributed by atoms with van der Waals surface area (Å²) < 4.78 is 38.3. The zero-order valence-electron chi connectivity index (χ0n) is 19.1. The van der Waals surface area contributed by atoms with Crippen LogP contribution < -0.4 is 10.6 Å². The molecule has 184 valence electrons. The van der Waals surface area contributed by atoms with Crippen molar-refractivity contribution in [2.75, 3.05) is 26.7 Å². The molecule has 3 atom stereocenters. The summed E-state index contributed by atoms with van der Waals surface area (Å²) in [5.41, 5.74) is -0.139. The number of likely N-dealkylation sites (N-methyl/N-ethyl adjacent to an activating group) is 1. The number of hydrogen-bond donors (Lipinski definition) is 3. The van der Waals surface area contributed by atoms with Gasteiger partial charge < -0.3 is 20.6 Å². The first kappa shape index (κ1) is 26.6. The van der Waals surface area contributed by atoms with Crippen LogP contribution in [0.1, 0.15) is 31.9 Å². The monoisotopic (exact) mass is 472 g/mol. The van der Waals surface area contributed by atoms with E-state index in [9.17, 15) is 32.7 Å². The number of halogens is 3. The fourth-order valence-electron chi connectivity index (χ4n) is 3.62. The molecule has 0 radical (unpaired) electrons. The molecule has 1 fully saturated rings. The van der Waals surface area contributed by atoms with Gasteiger partial charge in [0.1, 0.15) is 12.1 Å². The van der Waals surface area contributed by atoms with E-state index in [2.05, 4.69) is 10.6 Å². The third kappa shape index (κ3) is 6.91. The lowest BCUT2D eigenvalue weighted by atomic mass is 10.00. The van der Waals surface area contributed by atoms with Crippen LogP contribution in [0.5, 0.6) is 0 Å². The van der Waals surface area contributed by atoms with Crippen LogP contribution >= 0.6 is 0 Å². The molecule has 0 aliphatic carbocycles. The lowest BCUT2D eigenvalue weighted by Crippen LogP contribution is -2.63. The molecule has 2 rings (SSSR count). The SMILES string of the molecule is CNC(C)C(=O)NC(C(=O)N1CCN(Cc2ccc(C(F)(F)F)cc2)CC1C(=O)O)C(C)C. The number of alkyl halides is 3. The molecule has 1 aliphatic heterocycles. The Balaban J connectivity index is 2.11. The van der Waals surface area contributed by atoms with Gasteiger partial charge in [-0.1, -0.05) is 26.0 Å². The van der Waals surface area contributed by atoms with E-state index in [0.29, 0.717) is 12.1 Å². The molecule has 3 unspecified atom stereocenters. The number of hydrogen-bond acceptors (Lipinski definition) is 5. The van der Waals surface area contributed by atoms with Crippen molar-refractivity contribution in [1.29, 1.82) is 0 Å². The summed E-state index contributed by atoms with van der Waals surface area (Å²) in [5.74, 6) is -2.27. The quantitative estimate of drug-likeness (QED) is 0.531. The number of carbonyl (C=O) groups excluding carboxylic acids is 2. The summed E-state index contributed by atoms with van der Waals surface area (Å²) in [7, 11) is 1.62. The van der Waals surface area contributed by atoms with Crippen LogP contribution in [0.3, 0.4) is 0 Å². The highest BCUT2D eigenvalue weighted by atomic mass is 19.4. The molecule has 33 heavy (non-hydrogen) atoms. The van der Waals surface area contributed by atoms with Crippen LogP contribution in [-0.2, 0) is 27.1 Å². The van der Waals surface area contributed by atoms with E-state index in [1.54, 1.807) is 32.7 Å². The predicted octanol–water partition coefficient (Wildman–Crippen LogP) is 1.55. The van der Waals surface area contributed by atoms with Crippen molar-refractivity contribution in [3.8, 4) is 0 Å². The Morgan fingerprint density at radius 2 is 1.73 bits per heavy atom. The van der Waals surface area contributed by atoms with E-state index in [0.717, 1.165) is 12.1 Å². The van der Waals surface area contributed by atoms with Crippen molar-refractivity contribution in [2.24, 2.45) is 5.92 Å². The van der Waals surface area contributed by atoms with Gasteiger partial charge in [-0.2, -0.15) is 13.2 Å². The summed E-state index contributed by atoms with van der Waals surface area (Å²) in [4.78, 5) is 40.5. The average molecular weight is 473 g/mol. The summed E-state index contributed by atoms with van der Waals surface area (Å²) >= 11 is 0. The number of carboxylic acids is 1. The normalized spacial score (nSPS) is 19.3. The molecule has 1 aromatic rings. The van der Waals surface area contributed by atoms with Crippen LogP contribution in [-0.4, -0.2) is 77.5 Å². The minimum atomic E-state index is -4.42. The third-order valence-electron chi connectivity index (χ3n) is 5.78. The number of carbonyl (C=O) groups is 3. The Morgan fingerprint density at radius 3 is 2.21 bits per heavy atom. The maximum atomic E-state index is 13.2. The Bertz CT molecular complexity index is 845. The molecule has 0 bridgehead atoms. The number of nitrogens with zero attached hydrogens (tertiary/aromatic N) is 2. The first-order chi connectivity index (χ1) is 15.3. The smallest absolute Gasteiger partial charge is 0.416 e. The number of carboxylic acid groups (broad SMARTS) is 1. The number of nitrogens with one attached hydrogen (secondary N) is 2. The molecule has 8 nitrogen and oxygen atoms in total. The Labute approximate surface area is 191 Å². The highest BCUT2D eigenvalue weighted by molar-refractivity contribution is 5.92. The van der Waals surface area contributed by atoms with E-state index in [1.807, 2.05) is 0 Å². The van der Waals surface area contributed by atoms with Crippen molar-refractivity contribution in [3.63, 3.8) is 0 Å². The molecule has 0 spiro atoms. The number of rotatable bonds is 8. The lowest BCUT2D eigenvalue weighted by Gasteiger charge is -2.41. The molecule has 0 saturated carbocycles. The predicted molar refractivity (Wildman–Crippen MR) is 115 cm³/mol. The van der Waals surface area contributed by atoms with Gasteiger partial charge in [0.05, 0.1) is 11.6 Å². The molecule has 1 saturated heterocycles. The maximum absolute atomic E-state index is 13.2. The second-order valence-electron chi connectivity index (χ2n) is 8.56. The molecule has 1 heterocycles. The van der Waals surface area contributed by atoms with Gasteiger partial charge in [-0.05, 0) is 37.6 Å². The van der Waals surface area contributed by atoms with Crippen LogP contribution in [0.4, 0.5) is 13.2 Å². The largest absolute Gasteiger partial charge is 0.480 e. The summed E-state index contributed by atoms with van der Waals surface area (Å²) in [6.45, 7) is 5.94. The van der Waals surface area contributed by atoms with Crippen LogP contribution in [0, 0.1) is 5.92 Å². The van der Waals surface area contributed by atoms with E-state index in [-0.39, 0.29) is 31.5 Å². The van der Waals surface area contributed by atoms with Crippen LogP contribution in [0.2, 0.25) is 0 Å². The molecule has 2 amide bonds. The fourth-order valence-corrected chi connectivity index (χ4v) is 3.62. The molecule has 0 aromatic heterocycles. The van der Waals surface area contributed by atoms with Gasteiger partial charge >= 0.3 is 12.1 Å². The van der Waals surface area contributed by atoms with Gasteiger partial charge in [0.2, 0.25) is 11.8 Å². The topological polar surface area (TPSA) is 102 Å². The Hall–Kier alpha value is -2.66. The highest BCUT2D eigenvalue weighted by Gasteiger charge is 2.39. The van der Waals surface area contributed by atoms with Crippen molar-refractivity contribution in [3.05, 3.63) is 35.4 Å². The van der Waals surface area contributed by atoms with Crippen molar-refractivity contribution < 1.29 is 32.7 Å². The Kier molecular flexibility index (Phi) is 8.84. The van der Waals surface area contributed by atoms with Crippen LogP contribution in [0.25, 0.3) is 0 Å². The molecule has 1 aliphatic rings. The fraction of sp³-hybridized carbons (Fsp3) is 0.591. The molecular formula is C22H31F3N4O4. The number of amides is 2. The third-order valence-corrected chi connectivity index (χ3v) is 5.78. The maximum Gasteiger partial charge on any atom is 0.416 e. The van der Waals surface area contributed by atoms with E-state index in [4.69, 9.17) is 0 Å². The minimum Gasteiger partial charge on any atom is -0.480 e. The van der Waals surface area contributed by atoms with E-state index >= 15 is 0 Å². The molecule has 1 aromatic carbocycles. The zero-order valence-corrected chi connectivity index (χ0v) is 19.1. The van der Waals surface area contributed by atoms with Gasteiger partial charge in [-0.3, -0.25) is 14.5 Å². The van der Waals surface area contributed by atoms with Crippen molar-refractivity contribution in [1.82, 2.24) is 20.4 Å². The average Bonchev–Trinajstić information content (AvgIpc) is 2.75. The summed E-state index contributed by atoms with van der Waals surface area (Å²) in [6, 6.07) is 2.18. The molecular weight excluding hydrogens is 441 g/mol. The number of piperazine rings is 1. The second kappa shape index (κ2) is 11.0. The number of benzene rings is 1. The minimum absolute atomic E-state index is 0.0216. The summed E-state index contributed by atoms with van der Waals surface area (Å²) in [6.07, 6.45) is -4.42. The van der Waals surface area contributed by atoms with Crippen molar-refractivity contribution >= 4 is 17.8 Å². The van der Waals surface area contributed by atoms with Gasteiger partial charge in [0.25, 0.3) is 0 Å². The van der Waals surface area contributed by atoms with Crippen LogP contribution in [0.15, 0.2) is 24.3 Å². The van der Waals surface area contributed by atoms with Gasteiger partial charge in [-0.25, -0.2) is 4.79 Å². The first-order valence-electron chi connectivity index (χ1n) is 10.7. The second-order valence-corrected chi connectivity index (χ2v) is 8.56. The van der Waals surface area contributed by atoms with Gasteiger partial charge in [-0.15, -0.1) is 0 Å². The van der Waals surface area contributed by atoms with Gasteiger partial charge in [0, 0.05) is 26.2 Å². The van der Waals surface area contributed by atoms with Crippen molar-refractivity contribution in [2.45, 2.75) is 51.6 Å². The van der Waals surface area contributed by atoms with Gasteiger partial charge in [0.15, 0.2) is 0 Å². The lowest BCUT2D eigenvalue weighted by molar-refractivity contribution is -0.155. The standard InChI is InChI=1S/C22H31F3N4O4/c1-13(2)18(27-19(30)14(3)26-4)20(31)29-10-9-28(12-17(29)21(32)33)11-15-5-7-16(8-6-15)22(23,24)25/h5-8,13-14,17-18,26H,9-12H2,1-4H3,(H,27,30)(H,32,33). The van der Waals surface area contributed by atoms with E-state index < -0.39 is 41.7 Å². The first-order valence-corrected chi connectivity index (χ1v) is 10.7.